The van der Waals surface area contributed by atoms with E-state index in [2.05, 4.69) is 27.9 Å². The number of rotatable bonds is 5. The highest BCUT2D eigenvalue weighted by molar-refractivity contribution is 14.1. The molecule has 3 heteroatoms. The molecule has 0 saturated heterocycles. The van der Waals surface area contributed by atoms with Crippen molar-refractivity contribution in [1.82, 2.24) is 5.32 Å². The Kier molecular flexibility index (Phi) is 5.25. The maximum atomic E-state index is 12.0. The molecule has 88 valence electrons. The van der Waals surface area contributed by atoms with Gasteiger partial charge in [-0.3, -0.25) is 4.79 Å². The van der Waals surface area contributed by atoms with E-state index in [1.807, 2.05) is 44.2 Å². The zero-order chi connectivity index (χ0) is 12.0. The van der Waals surface area contributed by atoms with Crippen molar-refractivity contribution in [1.29, 1.82) is 0 Å². The van der Waals surface area contributed by atoms with E-state index >= 15 is 0 Å². The van der Waals surface area contributed by atoms with Gasteiger partial charge in [0, 0.05) is 11.0 Å². The Bertz CT molecular complexity index is 335. The molecule has 1 aromatic rings. The highest BCUT2D eigenvalue weighted by Crippen LogP contribution is 2.22. The van der Waals surface area contributed by atoms with Gasteiger partial charge in [-0.25, -0.2) is 0 Å². The Morgan fingerprint density at radius 1 is 1.31 bits per heavy atom. The first-order valence-electron chi connectivity index (χ1n) is 5.49. The standard InChI is InChI=1S/C13H18INO/c1-13(2,11-7-4-3-5-8-11)12(16)15-10-6-9-14/h3-5,7-8H,6,9-10H2,1-2H3,(H,15,16). The van der Waals surface area contributed by atoms with Crippen LogP contribution in [-0.2, 0) is 10.2 Å². The number of carbonyl (C=O) groups excluding carboxylic acids is 1. The van der Waals surface area contributed by atoms with Crippen molar-refractivity contribution < 1.29 is 4.79 Å². The molecule has 0 unspecified atom stereocenters. The zero-order valence-corrected chi connectivity index (χ0v) is 12.0. The molecule has 16 heavy (non-hydrogen) atoms. The summed E-state index contributed by atoms with van der Waals surface area (Å²) in [5, 5.41) is 2.98. The van der Waals surface area contributed by atoms with Crippen LogP contribution in [0.1, 0.15) is 25.8 Å². The van der Waals surface area contributed by atoms with Crippen molar-refractivity contribution in [3.63, 3.8) is 0 Å². The van der Waals surface area contributed by atoms with Gasteiger partial charge in [0.2, 0.25) is 5.91 Å². The lowest BCUT2D eigenvalue weighted by Crippen LogP contribution is -2.40. The fourth-order valence-corrected chi connectivity index (χ4v) is 1.86. The number of benzene rings is 1. The van der Waals surface area contributed by atoms with Gasteiger partial charge >= 0.3 is 0 Å². The number of carbonyl (C=O) groups is 1. The van der Waals surface area contributed by atoms with Gasteiger partial charge in [-0.1, -0.05) is 52.9 Å². The first-order chi connectivity index (χ1) is 7.59. The van der Waals surface area contributed by atoms with Crippen molar-refractivity contribution in [3.8, 4) is 0 Å². The molecule has 1 rings (SSSR count). The van der Waals surface area contributed by atoms with Crippen LogP contribution in [-0.4, -0.2) is 16.9 Å². The Labute approximate surface area is 111 Å². The average molecular weight is 331 g/mol. The van der Waals surface area contributed by atoms with Crippen molar-refractivity contribution >= 4 is 28.5 Å². The second kappa shape index (κ2) is 6.23. The Morgan fingerprint density at radius 2 is 1.94 bits per heavy atom. The van der Waals surface area contributed by atoms with Crippen LogP contribution in [0.3, 0.4) is 0 Å². The number of hydrogen-bond acceptors (Lipinski definition) is 1. The molecule has 0 aromatic heterocycles. The molecule has 1 N–H and O–H groups in total. The van der Waals surface area contributed by atoms with Crippen molar-refractivity contribution in [2.75, 3.05) is 11.0 Å². The topological polar surface area (TPSA) is 29.1 Å². The first-order valence-corrected chi connectivity index (χ1v) is 7.01. The van der Waals surface area contributed by atoms with Crippen LogP contribution in [0.5, 0.6) is 0 Å². The molecule has 1 amide bonds. The molecule has 0 heterocycles. The Morgan fingerprint density at radius 3 is 2.50 bits per heavy atom. The highest BCUT2D eigenvalue weighted by Gasteiger charge is 2.28. The van der Waals surface area contributed by atoms with Crippen molar-refractivity contribution in [2.45, 2.75) is 25.7 Å². The molecule has 0 aliphatic heterocycles. The molecule has 0 fully saturated rings. The van der Waals surface area contributed by atoms with E-state index in [4.69, 9.17) is 0 Å². The quantitative estimate of drug-likeness (QED) is 0.502. The smallest absolute Gasteiger partial charge is 0.230 e. The number of nitrogens with one attached hydrogen (secondary N) is 1. The Hall–Kier alpha value is -0.580. The molecule has 0 bridgehead atoms. The minimum Gasteiger partial charge on any atom is -0.355 e. The average Bonchev–Trinajstić information content (AvgIpc) is 2.30. The van der Waals surface area contributed by atoms with Crippen LogP contribution < -0.4 is 5.32 Å². The second-order valence-electron chi connectivity index (χ2n) is 4.29. The lowest BCUT2D eigenvalue weighted by Gasteiger charge is -2.24. The fraction of sp³-hybridized carbons (Fsp3) is 0.462. The highest BCUT2D eigenvalue weighted by atomic mass is 127. The molecule has 0 aliphatic rings. The summed E-state index contributed by atoms with van der Waals surface area (Å²) < 4.78 is 1.07. The third kappa shape index (κ3) is 3.47. The number of halogens is 1. The third-order valence-corrected chi connectivity index (χ3v) is 3.42. The summed E-state index contributed by atoms with van der Waals surface area (Å²) in [5.74, 6) is 0.101. The molecular weight excluding hydrogens is 313 g/mol. The van der Waals surface area contributed by atoms with Gasteiger partial charge in [0.25, 0.3) is 0 Å². The summed E-state index contributed by atoms with van der Waals surface area (Å²) >= 11 is 2.32. The van der Waals surface area contributed by atoms with Crippen LogP contribution in [0.15, 0.2) is 30.3 Å². The summed E-state index contributed by atoms with van der Waals surface area (Å²) in [6, 6.07) is 9.90. The molecule has 0 spiro atoms. The SMILES string of the molecule is CC(C)(C(=O)NCCCI)c1ccccc1. The summed E-state index contributed by atoms with van der Waals surface area (Å²) in [5.41, 5.74) is 0.606. The molecule has 0 radical (unpaired) electrons. The minimum absolute atomic E-state index is 0.101. The summed E-state index contributed by atoms with van der Waals surface area (Å²) in [6.07, 6.45) is 1.02. The molecule has 0 saturated carbocycles. The minimum atomic E-state index is -0.452. The number of alkyl halides is 1. The van der Waals surface area contributed by atoms with Gasteiger partial charge in [0.05, 0.1) is 5.41 Å². The van der Waals surface area contributed by atoms with E-state index in [1.54, 1.807) is 0 Å². The summed E-state index contributed by atoms with van der Waals surface area (Å²) in [6.45, 7) is 4.68. The lowest BCUT2D eigenvalue weighted by atomic mass is 9.84. The van der Waals surface area contributed by atoms with Crippen LogP contribution in [0, 0.1) is 0 Å². The number of hydrogen-bond donors (Lipinski definition) is 1. The zero-order valence-electron chi connectivity index (χ0n) is 9.79. The van der Waals surface area contributed by atoms with E-state index in [-0.39, 0.29) is 5.91 Å². The maximum Gasteiger partial charge on any atom is 0.230 e. The predicted molar refractivity (Wildman–Crippen MR) is 76.0 cm³/mol. The molecular formula is C13H18INO. The van der Waals surface area contributed by atoms with Crippen LogP contribution >= 0.6 is 22.6 Å². The molecule has 1 aromatic carbocycles. The van der Waals surface area contributed by atoms with E-state index < -0.39 is 5.41 Å². The maximum absolute atomic E-state index is 12.0. The molecule has 2 nitrogen and oxygen atoms in total. The summed E-state index contributed by atoms with van der Waals surface area (Å²) in [7, 11) is 0. The lowest BCUT2D eigenvalue weighted by molar-refractivity contribution is -0.125. The van der Waals surface area contributed by atoms with E-state index in [0.717, 1.165) is 23.0 Å². The van der Waals surface area contributed by atoms with Crippen molar-refractivity contribution in [2.24, 2.45) is 0 Å². The monoisotopic (exact) mass is 331 g/mol. The predicted octanol–water partition coefficient (Wildman–Crippen LogP) is 2.91. The number of amides is 1. The fourth-order valence-electron chi connectivity index (χ4n) is 1.48. The van der Waals surface area contributed by atoms with Crippen molar-refractivity contribution in [3.05, 3.63) is 35.9 Å². The molecule has 0 aliphatic carbocycles. The third-order valence-electron chi connectivity index (χ3n) is 2.66. The van der Waals surface area contributed by atoms with Gasteiger partial charge in [-0.15, -0.1) is 0 Å². The first kappa shape index (κ1) is 13.5. The van der Waals surface area contributed by atoms with Gasteiger partial charge < -0.3 is 5.32 Å². The largest absolute Gasteiger partial charge is 0.355 e. The van der Waals surface area contributed by atoms with Crippen LogP contribution in [0.4, 0.5) is 0 Å². The van der Waals surface area contributed by atoms with Crippen LogP contribution in [0.25, 0.3) is 0 Å². The normalized spacial score (nSPS) is 11.2. The van der Waals surface area contributed by atoms with E-state index in [1.165, 1.54) is 0 Å². The van der Waals surface area contributed by atoms with E-state index in [9.17, 15) is 4.79 Å². The van der Waals surface area contributed by atoms with Gasteiger partial charge in [-0.2, -0.15) is 0 Å². The van der Waals surface area contributed by atoms with Gasteiger partial charge in [0.1, 0.15) is 0 Å². The second-order valence-corrected chi connectivity index (χ2v) is 5.37. The molecule has 0 atom stereocenters. The van der Waals surface area contributed by atoms with E-state index in [0.29, 0.717) is 0 Å². The Balaban J connectivity index is 2.66. The van der Waals surface area contributed by atoms with Gasteiger partial charge in [0.15, 0.2) is 0 Å². The van der Waals surface area contributed by atoms with Crippen LogP contribution in [0.2, 0.25) is 0 Å². The van der Waals surface area contributed by atoms with Gasteiger partial charge in [-0.05, 0) is 25.8 Å². The summed E-state index contributed by atoms with van der Waals surface area (Å²) in [4.78, 5) is 12.0.